The number of hydrogen-bond donors (Lipinski definition) is 2. The average molecular weight is 360 g/mol. The van der Waals surface area contributed by atoms with Crippen LogP contribution in [-0.2, 0) is 6.54 Å². The van der Waals surface area contributed by atoms with Crippen LogP contribution in [0.3, 0.4) is 0 Å². The van der Waals surface area contributed by atoms with E-state index in [1.165, 1.54) is 0 Å². The predicted molar refractivity (Wildman–Crippen MR) is 99.2 cm³/mol. The second kappa shape index (κ2) is 7.39. The highest BCUT2D eigenvalue weighted by molar-refractivity contribution is 5.63. The quantitative estimate of drug-likeness (QED) is 0.853. The number of aryl methyl sites for hydroxylation is 1. The molecule has 1 fully saturated rings. The molecule has 26 heavy (non-hydrogen) atoms. The van der Waals surface area contributed by atoms with Crippen LogP contribution < -0.4 is 4.74 Å². The van der Waals surface area contributed by atoms with Crippen LogP contribution in [0.25, 0.3) is 11.5 Å². The average Bonchev–Trinajstić information content (AvgIpc) is 2.99. The summed E-state index contributed by atoms with van der Waals surface area (Å²) in [5, 5.41) is 19.4. The summed E-state index contributed by atoms with van der Waals surface area (Å²) < 4.78 is 11.3. The molecule has 6 nitrogen and oxygen atoms in total. The van der Waals surface area contributed by atoms with E-state index in [1.54, 1.807) is 7.11 Å². The molecular weight excluding hydrogens is 332 g/mol. The highest BCUT2D eigenvalue weighted by Crippen LogP contribution is 2.32. The topological polar surface area (TPSA) is 79.0 Å². The Balaban J connectivity index is 1.77. The number of likely N-dealkylation sites (tertiary alicyclic amines) is 1. The fraction of sp³-hybridized carbons (Fsp3) is 0.550. The van der Waals surface area contributed by atoms with E-state index in [2.05, 4.69) is 4.90 Å². The van der Waals surface area contributed by atoms with E-state index in [9.17, 15) is 10.2 Å². The molecule has 2 heterocycles. The molecule has 1 aliphatic rings. The van der Waals surface area contributed by atoms with Gasteiger partial charge < -0.3 is 19.4 Å². The molecule has 0 amide bonds. The van der Waals surface area contributed by atoms with E-state index in [0.29, 0.717) is 25.3 Å². The fourth-order valence-corrected chi connectivity index (χ4v) is 3.44. The van der Waals surface area contributed by atoms with Gasteiger partial charge in [0, 0.05) is 25.2 Å². The van der Waals surface area contributed by atoms with Gasteiger partial charge in [-0.1, -0.05) is 0 Å². The first-order valence-electron chi connectivity index (χ1n) is 9.03. The van der Waals surface area contributed by atoms with Crippen molar-refractivity contribution in [3.05, 3.63) is 34.7 Å². The summed E-state index contributed by atoms with van der Waals surface area (Å²) in [6.07, 6.45) is 1.15. The van der Waals surface area contributed by atoms with Crippen molar-refractivity contribution in [2.75, 3.05) is 26.8 Å². The van der Waals surface area contributed by atoms with Gasteiger partial charge in [0.25, 0.3) is 0 Å². The Kier molecular flexibility index (Phi) is 5.37. The first-order chi connectivity index (χ1) is 12.4. The van der Waals surface area contributed by atoms with Gasteiger partial charge in [0.05, 0.1) is 25.0 Å². The number of aliphatic hydroxyl groups is 2. The lowest BCUT2D eigenvalue weighted by molar-refractivity contribution is -0.0608. The predicted octanol–water partition coefficient (Wildman–Crippen LogP) is 2.59. The van der Waals surface area contributed by atoms with Gasteiger partial charge in [0.15, 0.2) is 0 Å². The Labute approximate surface area is 154 Å². The molecule has 0 bridgehead atoms. The van der Waals surface area contributed by atoms with Crippen molar-refractivity contribution in [1.82, 2.24) is 9.88 Å². The molecule has 6 heteroatoms. The minimum Gasteiger partial charge on any atom is -0.496 e. The molecule has 2 N–H and O–H groups in total. The highest BCUT2D eigenvalue weighted by atomic mass is 16.5. The molecule has 3 rings (SSSR count). The van der Waals surface area contributed by atoms with E-state index in [4.69, 9.17) is 14.1 Å². The minimum absolute atomic E-state index is 0.177. The van der Waals surface area contributed by atoms with Crippen LogP contribution >= 0.6 is 0 Å². The largest absolute Gasteiger partial charge is 0.496 e. The van der Waals surface area contributed by atoms with E-state index in [-0.39, 0.29) is 6.61 Å². The molecule has 0 spiro atoms. The van der Waals surface area contributed by atoms with Crippen LogP contribution in [0.4, 0.5) is 0 Å². The molecule has 0 saturated carbocycles. The first-order valence-corrected chi connectivity index (χ1v) is 9.03. The SMILES string of the molecule is COc1ccc(-c2nc(CN3CCC(O)(CO)CC3)c(C)o2)c(C)c1C. The normalized spacial score (nSPS) is 17.5. The Morgan fingerprint density at radius 1 is 1.19 bits per heavy atom. The Morgan fingerprint density at radius 3 is 2.50 bits per heavy atom. The van der Waals surface area contributed by atoms with E-state index >= 15 is 0 Å². The van der Waals surface area contributed by atoms with Crippen molar-refractivity contribution in [2.24, 2.45) is 0 Å². The van der Waals surface area contributed by atoms with Crippen LogP contribution in [0.2, 0.25) is 0 Å². The summed E-state index contributed by atoms with van der Waals surface area (Å²) in [4.78, 5) is 6.97. The Morgan fingerprint density at radius 2 is 1.88 bits per heavy atom. The second-order valence-electron chi connectivity index (χ2n) is 7.25. The third-order valence-corrected chi connectivity index (χ3v) is 5.53. The standard InChI is InChI=1S/C20H28N2O4/c1-13-14(2)18(25-4)6-5-16(13)19-21-17(15(3)26-19)11-22-9-7-20(24,12-23)8-10-22/h5-6,23-24H,7-12H2,1-4H3. The number of oxazole rings is 1. The first kappa shape index (κ1) is 18.9. The molecular formula is C20H28N2O4. The molecule has 1 saturated heterocycles. The molecule has 0 unspecified atom stereocenters. The summed E-state index contributed by atoms with van der Waals surface area (Å²) >= 11 is 0. The number of aromatic nitrogens is 1. The van der Waals surface area contributed by atoms with Crippen LogP contribution in [0.15, 0.2) is 16.5 Å². The van der Waals surface area contributed by atoms with Crippen molar-refractivity contribution in [1.29, 1.82) is 0 Å². The number of benzene rings is 1. The van der Waals surface area contributed by atoms with Crippen LogP contribution in [-0.4, -0.2) is 52.5 Å². The lowest BCUT2D eigenvalue weighted by Gasteiger charge is -2.36. The zero-order chi connectivity index (χ0) is 18.9. The lowest BCUT2D eigenvalue weighted by atomic mass is 9.92. The zero-order valence-corrected chi connectivity index (χ0v) is 16.0. The zero-order valence-electron chi connectivity index (χ0n) is 16.0. The maximum atomic E-state index is 10.1. The van der Waals surface area contributed by atoms with E-state index in [0.717, 1.165) is 47.0 Å². The van der Waals surface area contributed by atoms with Crippen molar-refractivity contribution in [2.45, 2.75) is 45.8 Å². The number of methoxy groups -OCH3 is 1. The maximum absolute atomic E-state index is 10.1. The number of nitrogens with zero attached hydrogens (tertiary/aromatic N) is 2. The number of hydrogen-bond acceptors (Lipinski definition) is 6. The summed E-state index contributed by atoms with van der Waals surface area (Å²) in [5.74, 6) is 2.31. The molecule has 1 aromatic heterocycles. The second-order valence-corrected chi connectivity index (χ2v) is 7.25. The molecule has 142 valence electrons. The van der Waals surface area contributed by atoms with Gasteiger partial charge in [-0.25, -0.2) is 4.98 Å². The number of ether oxygens (including phenoxy) is 1. The monoisotopic (exact) mass is 360 g/mol. The minimum atomic E-state index is -0.932. The van der Waals surface area contributed by atoms with Crippen molar-refractivity contribution < 1.29 is 19.4 Å². The van der Waals surface area contributed by atoms with Gasteiger partial charge in [-0.2, -0.15) is 0 Å². The smallest absolute Gasteiger partial charge is 0.226 e. The van der Waals surface area contributed by atoms with Gasteiger partial charge in [0.2, 0.25) is 5.89 Å². The summed E-state index contributed by atoms with van der Waals surface area (Å²) in [6, 6.07) is 3.93. The van der Waals surface area contributed by atoms with Gasteiger partial charge >= 0.3 is 0 Å². The van der Waals surface area contributed by atoms with Crippen LogP contribution in [0.5, 0.6) is 5.75 Å². The maximum Gasteiger partial charge on any atom is 0.226 e. The van der Waals surface area contributed by atoms with Crippen molar-refractivity contribution in [3.8, 4) is 17.2 Å². The molecule has 0 aliphatic carbocycles. The fourth-order valence-electron chi connectivity index (χ4n) is 3.44. The molecule has 0 radical (unpaired) electrons. The van der Waals surface area contributed by atoms with E-state index in [1.807, 2.05) is 32.9 Å². The summed E-state index contributed by atoms with van der Waals surface area (Å²) in [7, 11) is 1.67. The molecule has 1 aliphatic heterocycles. The van der Waals surface area contributed by atoms with E-state index < -0.39 is 5.60 Å². The third-order valence-electron chi connectivity index (χ3n) is 5.53. The van der Waals surface area contributed by atoms with Crippen LogP contribution in [0.1, 0.15) is 35.4 Å². The lowest BCUT2D eigenvalue weighted by Crippen LogP contribution is -2.46. The van der Waals surface area contributed by atoms with Gasteiger partial charge in [-0.3, -0.25) is 4.90 Å². The molecule has 2 aromatic rings. The highest BCUT2D eigenvalue weighted by Gasteiger charge is 2.32. The Hall–Kier alpha value is -1.89. The third kappa shape index (κ3) is 3.63. The Bertz CT molecular complexity index is 776. The van der Waals surface area contributed by atoms with Gasteiger partial charge in [0.1, 0.15) is 11.5 Å². The summed E-state index contributed by atoms with van der Waals surface area (Å²) in [5.41, 5.74) is 3.15. The number of aliphatic hydroxyl groups excluding tert-OH is 1. The number of piperidine rings is 1. The van der Waals surface area contributed by atoms with Crippen molar-refractivity contribution in [3.63, 3.8) is 0 Å². The summed E-state index contributed by atoms with van der Waals surface area (Å²) in [6.45, 7) is 8.00. The van der Waals surface area contributed by atoms with Crippen molar-refractivity contribution >= 4 is 0 Å². The van der Waals surface area contributed by atoms with Gasteiger partial charge in [-0.05, 0) is 56.9 Å². The van der Waals surface area contributed by atoms with Crippen LogP contribution in [0, 0.1) is 20.8 Å². The molecule has 0 atom stereocenters. The molecule has 1 aromatic carbocycles. The van der Waals surface area contributed by atoms with Gasteiger partial charge in [-0.15, -0.1) is 0 Å². The number of rotatable bonds is 5.